The zero-order chi connectivity index (χ0) is 26.0. The second-order valence-electron chi connectivity index (χ2n) is 8.71. The minimum absolute atomic E-state index is 0.310. The Kier molecular flexibility index (Phi) is 7.15. The van der Waals surface area contributed by atoms with Gasteiger partial charge in [0.15, 0.2) is 5.78 Å². The molecule has 0 saturated carbocycles. The molecule has 36 heavy (non-hydrogen) atoms. The first-order valence-corrected chi connectivity index (χ1v) is 11.5. The molecule has 2 aromatic carbocycles. The van der Waals surface area contributed by atoms with E-state index >= 15 is 0 Å². The molecular formula is C28H29NO7. The number of allylic oxidation sites excluding steroid dienone is 3. The monoisotopic (exact) mass is 491 g/mol. The van der Waals surface area contributed by atoms with Crippen LogP contribution in [0.1, 0.15) is 36.3 Å². The number of esters is 2. The van der Waals surface area contributed by atoms with E-state index < -0.39 is 35.5 Å². The summed E-state index contributed by atoms with van der Waals surface area (Å²) in [5.41, 5.74) is 3.41. The number of Topliss-reactive ketones (excluding diaryl/α,β-unsaturated/α-hetero) is 1. The topological polar surface area (TPSA) is 100 Å². The van der Waals surface area contributed by atoms with Crippen LogP contribution in [0, 0.1) is 5.92 Å². The summed E-state index contributed by atoms with van der Waals surface area (Å²) in [4.78, 5) is 40.1. The Hall–Kier alpha value is -4.07. The Morgan fingerprint density at radius 2 is 1.58 bits per heavy atom. The molecule has 8 heteroatoms. The summed E-state index contributed by atoms with van der Waals surface area (Å²) in [6.45, 7) is 1.78. The van der Waals surface area contributed by atoms with Crippen molar-refractivity contribution < 1.29 is 33.3 Å². The van der Waals surface area contributed by atoms with E-state index in [1.54, 1.807) is 51.5 Å². The van der Waals surface area contributed by atoms with E-state index in [0.717, 1.165) is 5.56 Å². The van der Waals surface area contributed by atoms with Crippen molar-refractivity contribution >= 4 is 17.7 Å². The molecule has 0 aromatic heterocycles. The first-order valence-electron chi connectivity index (χ1n) is 11.5. The maximum absolute atomic E-state index is 14.1. The normalized spacial score (nSPS) is 21.4. The van der Waals surface area contributed by atoms with Crippen LogP contribution in [-0.4, -0.2) is 46.2 Å². The molecule has 8 nitrogen and oxygen atoms in total. The van der Waals surface area contributed by atoms with Gasteiger partial charge < -0.3 is 24.3 Å². The first kappa shape index (κ1) is 25.0. The zero-order valence-electron chi connectivity index (χ0n) is 20.9. The molecule has 0 radical (unpaired) electrons. The number of nitrogens with one attached hydrogen (secondary N) is 1. The summed E-state index contributed by atoms with van der Waals surface area (Å²) >= 11 is 0. The third kappa shape index (κ3) is 4.34. The molecule has 3 atom stereocenters. The number of carbonyl (C=O) groups is 3. The van der Waals surface area contributed by atoms with Crippen LogP contribution in [-0.2, 0) is 23.9 Å². The van der Waals surface area contributed by atoms with Gasteiger partial charge in [0.2, 0.25) is 0 Å². The van der Waals surface area contributed by atoms with Crippen LogP contribution in [0.3, 0.4) is 0 Å². The SMILES string of the molecule is COC(=O)C1=C(C)NC2=C(C(=O)C(C(=O)OC)C(c3ccc(OC)cc3)C2)C1c1cccc(OC)c1. The van der Waals surface area contributed by atoms with E-state index in [1.165, 1.54) is 14.2 Å². The number of carbonyl (C=O) groups excluding carboxylic acids is 3. The number of rotatable bonds is 6. The Morgan fingerprint density at radius 1 is 0.889 bits per heavy atom. The van der Waals surface area contributed by atoms with Gasteiger partial charge in [-0.3, -0.25) is 9.59 Å². The van der Waals surface area contributed by atoms with E-state index in [2.05, 4.69) is 5.32 Å². The summed E-state index contributed by atoms with van der Waals surface area (Å²) in [7, 11) is 5.70. The standard InChI is InChI=1S/C28H29NO7/c1-15-22(27(31)35-4)23(17-7-6-8-19(13-17)34-3)25-21(29-15)14-20(24(26(25)30)28(32)36-5)16-9-11-18(33-2)12-10-16/h6-13,20,23-24,29H,14H2,1-5H3. The van der Waals surface area contributed by atoms with Gasteiger partial charge >= 0.3 is 11.9 Å². The molecule has 2 aromatic rings. The first-order chi connectivity index (χ1) is 17.3. The Bertz CT molecular complexity index is 1260. The summed E-state index contributed by atoms with van der Waals surface area (Å²) < 4.78 is 20.8. The molecule has 0 spiro atoms. The van der Waals surface area contributed by atoms with Crippen molar-refractivity contribution in [2.24, 2.45) is 5.92 Å². The smallest absolute Gasteiger partial charge is 0.336 e. The molecule has 1 heterocycles. The summed E-state index contributed by atoms with van der Waals surface area (Å²) in [5.74, 6) is -2.58. The van der Waals surface area contributed by atoms with Gasteiger partial charge in [-0.2, -0.15) is 0 Å². The lowest BCUT2D eigenvalue weighted by atomic mass is 9.67. The van der Waals surface area contributed by atoms with Crippen LogP contribution in [0.2, 0.25) is 0 Å². The highest BCUT2D eigenvalue weighted by molar-refractivity contribution is 6.13. The molecular weight excluding hydrogens is 462 g/mol. The fourth-order valence-electron chi connectivity index (χ4n) is 5.13. The quantitative estimate of drug-likeness (QED) is 0.483. The van der Waals surface area contributed by atoms with Crippen molar-refractivity contribution in [3.63, 3.8) is 0 Å². The number of hydrogen-bond donors (Lipinski definition) is 1. The number of ketones is 1. The van der Waals surface area contributed by atoms with Gasteiger partial charge in [-0.05, 0) is 48.7 Å². The van der Waals surface area contributed by atoms with Crippen molar-refractivity contribution in [3.05, 3.63) is 82.2 Å². The lowest BCUT2D eigenvalue weighted by Crippen LogP contribution is -2.43. The highest BCUT2D eigenvalue weighted by Gasteiger charge is 2.49. The number of methoxy groups -OCH3 is 4. The lowest BCUT2D eigenvalue weighted by molar-refractivity contribution is -0.150. The van der Waals surface area contributed by atoms with Crippen LogP contribution < -0.4 is 14.8 Å². The molecule has 0 amide bonds. The van der Waals surface area contributed by atoms with Crippen molar-refractivity contribution in [2.45, 2.75) is 25.2 Å². The van der Waals surface area contributed by atoms with Crippen LogP contribution in [0.25, 0.3) is 0 Å². The Balaban J connectivity index is 1.90. The number of ether oxygens (including phenoxy) is 4. The number of hydrogen-bond acceptors (Lipinski definition) is 8. The van der Waals surface area contributed by atoms with E-state index in [0.29, 0.717) is 46.0 Å². The zero-order valence-corrected chi connectivity index (χ0v) is 20.9. The van der Waals surface area contributed by atoms with E-state index in [-0.39, 0.29) is 0 Å². The molecule has 0 fully saturated rings. The molecule has 1 aliphatic carbocycles. The van der Waals surface area contributed by atoms with Gasteiger partial charge in [0.1, 0.15) is 17.4 Å². The van der Waals surface area contributed by atoms with Crippen LogP contribution >= 0.6 is 0 Å². The predicted molar refractivity (Wildman–Crippen MR) is 131 cm³/mol. The van der Waals surface area contributed by atoms with Gasteiger partial charge in [0.05, 0.1) is 34.0 Å². The molecule has 1 N–H and O–H groups in total. The van der Waals surface area contributed by atoms with Gasteiger partial charge in [0.25, 0.3) is 0 Å². The highest BCUT2D eigenvalue weighted by atomic mass is 16.5. The maximum Gasteiger partial charge on any atom is 0.336 e. The second-order valence-corrected chi connectivity index (χ2v) is 8.71. The fraction of sp³-hybridized carbons (Fsp3) is 0.321. The van der Waals surface area contributed by atoms with Crippen molar-refractivity contribution in [1.82, 2.24) is 5.32 Å². The molecule has 1 aliphatic heterocycles. The molecule has 3 unspecified atom stereocenters. The third-order valence-electron chi connectivity index (χ3n) is 6.85. The number of dihydropyridines is 1. The van der Waals surface area contributed by atoms with E-state index in [1.807, 2.05) is 18.2 Å². The fourth-order valence-corrected chi connectivity index (χ4v) is 5.13. The second kappa shape index (κ2) is 10.3. The third-order valence-corrected chi connectivity index (χ3v) is 6.85. The number of benzene rings is 2. The Labute approximate surface area is 209 Å². The molecule has 0 saturated heterocycles. The Morgan fingerprint density at radius 3 is 2.19 bits per heavy atom. The summed E-state index contributed by atoms with van der Waals surface area (Å²) in [6, 6.07) is 14.5. The molecule has 4 rings (SSSR count). The molecule has 188 valence electrons. The van der Waals surface area contributed by atoms with Gasteiger partial charge in [-0.1, -0.05) is 24.3 Å². The molecule has 0 bridgehead atoms. The predicted octanol–water partition coefficient (Wildman–Crippen LogP) is 3.64. The summed E-state index contributed by atoms with van der Waals surface area (Å²) in [5, 5.41) is 3.27. The van der Waals surface area contributed by atoms with Crippen LogP contribution in [0.5, 0.6) is 11.5 Å². The van der Waals surface area contributed by atoms with E-state index in [9.17, 15) is 14.4 Å². The van der Waals surface area contributed by atoms with Gasteiger partial charge in [-0.15, -0.1) is 0 Å². The maximum atomic E-state index is 14.1. The minimum atomic E-state index is -1.07. The van der Waals surface area contributed by atoms with Crippen molar-refractivity contribution in [1.29, 1.82) is 0 Å². The van der Waals surface area contributed by atoms with Crippen LogP contribution in [0.4, 0.5) is 0 Å². The van der Waals surface area contributed by atoms with Gasteiger partial charge in [0, 0.05) is 28.8 Å². The van der Waals surface area contributed by atoms with E-state index in [4.69, 9.17) is 18.9 Å². The van der Waals surface area contributed by atoms with Crippen molar-refractivity contribution in [3.8, 4) is 11.5 Å². The van der Waals surface area contributed by atoms with Gasteiger partial charge in [-0.25, -0.2) is 4.79 Å². The average molecular weight is 492 g/mol. The average Bonchev–Trinajstić information content (AvgIpc) is 2.91. The lowest BCUT2D eigenvalue weighted by Gasteiger charge is -2.39. The van der Waals surface area contributed by atoms with Crippen LogP contribution in [0.15, 0.2) is 71.1 Å². The molecule has 2 aliphatic rings. The summed E-state index contributed by atoms with van der Waals surface area (Å²) in [6.07, 6.45) is 0.374. The van der Waals surface area contributed by atoms with Crippen molar-refractivity contribution in [2.75, 3.05) is 28.4 Å². The highest BCUT2D eigenvalue weighted by Crippen LogP contribution is 2.48. The minimum Gasteiger partial charge on any atom is -0.497 e. The largest absolute Gasteiger partial charge is 0.497 e.